The summed E-state index contributed by atoms with van der Waals surface area (Å²) in [6.45, 7) is 1.71. The molecule has 0 amide bonds. The van der Waals surface area contributed by atoms with Crippen LogP contribution in [0.5, 0.6) is 0 Å². The molecule has 7 heteroatoms. The normalized spacial score (nSPS) is 13.3. The van der Waals surface area contributed by atoms with Crippen LogP contribution in [0, 0.1) is 5.82 Å². The van der Waals surface area contributed by atoms with Crippen LogP contribution in [0.3, 0.4) is 0 Å². The van der Waals surface area contributed by atoms with E-state index in [1.165, 1.54) is 23.5 Å². The van der Waals surface area contributed by atoms with Gasteiger partial charge in [0, 0.05) is 17.0 Å². The third kappa shape index (κ3) is 3.24. The number of sulfonamides is 1. The maximum absolute atomic E-state index is 13.4. The minimum atomic E-state index is -3.70. The highest BCUT2D eigenvalue weighted by atomic mass is 32.2. The molecule has 0 fully saturated rings. The van der Waals surface area contributed by atoms with Crippen LogP contribution in [0.1, 0.15) is 23.4 Å². The molecule has 0 aliphatic heterocycles. The zero-order chi connectivity index (χ0) is 14.8. The van der Waals surface area contributed by atoms with Gasteiger partial charge in [-0.3, -0.25) is 0 Å². The molecule has 2 aromatic rings. The van der Waals surface area contributed by atoms with Crippen LogP contribution in [0.15, 0.2) is 40.6 Å². The van der Waals surface area contributed by atoms with Crippen molar-refractivity contribution in [2.45, 2.75) is 24.4 Å². The first-order valence-electron chi connectivity index (χ1n) is 5.98. The van der Waals surface area contributed by atoms with Crippen LogP contribution < -0.4 is 10.5 Å². The third-order valence-corrected chi connectivity index (χ3v) is 5.44. The summed E-state index contributed by atoms with van der Waals surface area (Å²) in [7, 11) is -3.70. The van der Waals surface area contributed by atoms with Gasteiger partial charge in [0.25, 0.3) is 0 Å². The van der Waals surface area contributed by atoms with Gasteiger partial charge in [-0.25, -0.2) is 17.5 Å². The third-order valence-electron chi connectivity index (χ3n) is 2.85. The summed E-state index contributed by atoms with van der Waals surface area (Å²) < 4.78 is 40.4. The Balaban J connectivity index is 2.26. The summed E-state index contributed by atoms with van der Waals surface area (Å²) in [5, 5.41) is 1.88. The first-order valence-corrected chi connectivity index (χ1v) is 8.34. The lowest BCUT2D eigenvalue weighted by Crippen LogP contribution is -2.26. The van der Waals surface area contributed by atoms with Crippen molar-refractivity contribution in [2.75, 3.05) is 0 Å². The van der Waals surface area contributed by atoms with Gasteiger partial charge in [-0.2, -0.15) is 0 Å². The van der Waals surface area contributed by atoms with E-state index in [1.54, 1.807) is 6.92 Å². The van der Waals surface area contributed by atoms with E-state index in [0.717, 1.165) is 10.9 Å². The Kier molecular flexibility index (Phi) is 4.54. The van der Waals surface area contributed by atoms with Crippen molar-refractivity contribution < 1.29 is 12.8 Å². The number of halogens is 1. The summed E-state index contributed by atoms with van der Waals surface area (Å²) in [6, 6.07) is 6.98. The zero-order valence-electron chi connectivity index (χ0n) is 10.8. The average molecular weight is 314 g/mol. The van der Waals surface area contributed by atoms with Crippen LogP contribution in [-0.2, 0) is 16.6 Å². The van der Waals surface area contributed by atoms with Crippen molar-refractivity contribution in [2.24, 2.45) is 5.73 Å². The monoisotopic (exact) mass is 314 g/mol. The van der Waals surface area contributed by atoms with Crippen molar-refractivity contribution >= 4 is 21.4 Å². The Labute approximate surface area is 121 Å². The van der Waals surface area contributed by atoms with Crippen molar-refractivity contribution in [3.8, 4) is 0 Å². The lowest BCUT2D eigenvalue weighted by atomic mass is 10.2. The SMILES string of the molecule is CC(NS(=O)(=O)c1ccc(F)c(CN)c1)c1cccs1. The molecule has 0 aliphatic carbocycles. The highest BCUT2D eigenvalue weighted by Gasteiger charge is 2.20. The molecule has 108 valence electrons. The van der Waals surface area contributed by atoms with Gasteiger partial charge in [0.1, 0.15) is 5.82 Å². The zero-order valence-corrected chi connectivity index (χ0v) is 12.5. The molecule has 0 spiro atoms. The van der Waals surface area contributed by atoms with Gasteiger partial charge in [0.2, 0.25) is 10.0 Å². The van der Waals surface area contributed by atoms with Gasteiger partial charge in [0.15, 0.2) is 0 Å². The topological polar surface area (TPSA) is 72.2 Å². The van der Waals surface area contributed by atoms with Crippen LogP contribution in [-0.4, -0.2) is 8.42 Å². The standard InChI is InChI=1S/C13H15FN2O2S2/c1-9(13-3-2-6-19-13)16-20(17,18)11-4-5-12(14)10(7-11)8-15/h2-7,9,16H,8,15H2,1H3. The van der Waals surface area contributed by atoms with Gasteiger partial charge in [-0.15, -0.1) is 11.3 Å². The molecular formula is C13H15FN2O2S2. The maximum Gasteiger partial charge on any atom is 0.241 e. The molecule has 0 saturated heterocycles. The van der Waals surface area contributed by atoms with Crippen LogP contribution >= 0.6 is 11.3 Å². The van der Waals surface area contributed by atoms with Gasteiger partial charge in [-0.05, 0) is 36.6 Å². The largest absolute Gasteiger partial charge is 0.326 e. The maximum atomic E-state index is 13.4. The Hall–Kier alpha value is -1.28. The van der Waals surface area contributed by atoms with Crippen LogP contribution in [0.4, 0.5) is 4.39 Å². The van der Waals surface area contributed by atoms with Crippen molar-refractivity contribution in [3.63, 3.8) is 0 Å². The fourth-order valence-electron chi connectivity index (χ4n) is 1.77. The fourth-order valence-corrected chi connectivity index (χ4v) is 3.85. The predicted octanol–water partition coefficient (Wildman–Crippen LogP) is 2.39. The number of hydrogen-bond acceptors (Lipinski definition) is 4. The molecule has 0 aliphatic rings. The van der Waals surface area contributed by atoms with Crippen molar-refractivity contribution in [1.29, 1.82) is 0 Å². The van der Waals surface area contributed by atoms with E-state index in [4.69, 9.17) is 5.73 Å². The number of nitrogens with one attached hydrogen (secondary N) is 1. The van der Waals surface area contributed by atoms with Gasteiger partial charge >= 0.3 is 0 Å². The quantitative estimate of drug-likeness (QED) is 0.890. The minimum absolute atomic E-state index is 0.0164. The second-order valence-electron chi connectivity index (χ2n) is 4.32. The molecule has 20 heavy (non-hydrogen) atoms. The molecule has 1 aromatic carbocycles. The smallest absolute Gasteiger partial charge is 0.241 e. The Morgan fingerprint density at radius 1 is 1.40 bits per heavy atom. The summed E-state index contributed by atoms with van der Waals surface area (Å²) in [6.07, 6.45) is 0. The van der Waals surface area contributed by atoms with E-state index in [0.29, 0.717) is 0 Å². The van der Waals surface area contributed by atoms with Crippen LogP contribution in [0.25, 0.3) is 0 Å². The molecule has 1 unspecified atom stereocenters. The fraction of sp³-hybridized carbons (Fsp3) is 0.231. The number of benzene rings is 1. The Bertz CT molecular complexity index is 684. The molecule has 0 bridgehead atoms. The molecule has 4 nitrogen and oxygen atoms in total. The lowest BCUT2D eigenvalue weighted by molar-refractivity contribution is 0.567. The molecule has 1 aromatic heterocycles. The Morgan fingerprint density at radius 2 is 2.15 bits per heavy atom. The second kappa shape index (κ2) is 6.01. The molecular weight excluding hydrogens is 299 g/mol. The lowest BCUT2D eigenvalue weighted by Gasteiger charge is -2.13. The van der Waals surface area contributed by atoms with Gasteiger partial charge in [0.05, 0.1) is 10.9 Å². The highest BCUT2D eigenvalue weighted by molar-refractivity contribution is 7.89. The summed E-state index contributed by atoms with van der Waals surface area (Å²) in [5.41, 5.74) is 5.57. The molecule has 1 heterocycles. The number of rotatable bonds is 5. The number of hydrogen-bond donors (Lipinski definition) is 2. The summed E-state index contributed by atoms with van der Waals surface area (Å²) in [4.78, 5) is 0.928. The van der Waals surface area contributed by atoms with E-state index in [-0.39, 0.29) is 23.0 Å². The second-order valence-corrected chi connectivity index (χ2v) is 7.01. The van der Waals surface area contributed by atoms with E-state index in [2.05, 4.69) is 4.72 Å². The molecule has 3 N–H and O–H groups in total. The van der Waals surface area contributed by atoms with Gasteiger partial charge in [-0.1, -0.05) is 6.07 Å². The number of thiophene rings is 1. The predicted molar refractivity (Wildman–Crippen MR) is 77.3 cm³/mol. The summed E-state index contributed by atoms with van der Waals surface area (Å²) in [5.74, 6) is -0.502. The molecule has 2 rings (SSSR count). The molecule has 0 radical (unpaired) electrons. The molecule has 0 saturated carbocycles. The summed E-state index contributed by atoms with van der Waals surface area (Å²) >= 11 is 1.47. The van der Waals surface area contributed by atoms with Crippen molar-refractivity contribution in [1.82, 2.24) is 4.72 Å². The van der Waals surface area contributed by atoms with Crippen molar-refractivity contribution in [3.05, 3.63) is 52.0 Å². The molecule has 1 atom stereocenters. The van der Waals surface area contributed by atoms with Gasteiger partial charge < -0.3 is 5.73 Å². The van der Waals surface area contributed by atoms with E-state index < -0.39 is 15.8 Å². The first-order chi connectivity index (χ1) is 9.44. The van der Waals surface area contributed by atoms with E-state index in [1.807, 2.05) is 17.5 Å². The first kappa shape index (κ1) is 15.1. The average Bonchev–Trinajstić information content (AvgIpc) is 2.92. The minimum Gasteiger partial charge on any atom is -0.326 e. The van der Waals surface area contributed by atoms with E-state index >= 15 is 0 Å². The number of nitrogens with two attached hydrogens (primary N) is 1. The van der Waals surface area contributed by atoms with E-state index in [9.17, 15) is 12.8 Å². The Morgan fingerprint density at radius 3 is 2.75 bits per heavy atom. The van der Waals surface area contributed by atoms with Crippen LogP contribution in [0.2, 0.25) is 0 Å². The highest BCUT2D eigenvalue weighted by Crippen LogP contribution is 2.22.